The monoisotopic (exact) mass is 418 g/mol. The molecule has 0 radical (unpaired) electrons. The first-order valence-electron chi connectivity index (χ1n) is 13.9. The summed E-state index contributed by atoms with van der Waals surface area (Å²) in [5, 5.41) is 0. The van der Waals surface area contributed by atoms with Gasteiger partial charge in [0.05, 0.1) is 0 Å². The van der Waals surface area contributed by atoms with E-state index < -0.39 is 0 Å². The smallest absolute Gasteiger partial charge is 0.0353 e. The van der Waals surface area contributed by atoms with E-state index in [1.165, 1.54) is 128 Å². The quantitative estimate of drug-likeness (QED) is 0.108. The van der Waals surface area contributed by atoms with Gasteiger partial charge < -0.3 is 0 Å². The minimum atomic E-state index is 0.913. The Balaban J connectivity index is 4.01. The predicted octanol–water partition coefficient (Wildman–Crippen LogP) is 11.1. The molecule has 3 unspecified atom stereocenters. The topological polar surface area (TPSA) is 0 Å². The molecule has 30 heavy (non-hydrogen) atoms. The number of hydrogen-bond acceptors (Lipinski definition) is 0. The van der Waals surface area contributed by atoms with Gasteiger partial charge in [-0.3, -0.25) is 0 Å². The molecule has 3 atom stereocenters. The third-order valence-electron chi connectivity index (χ3n) is 7.24. The van der Waals surface area contributed by atoms with Gasteiger partial charge >= 0.3 is 0 Å². The molecule has 0 saturated heterocycles. The molecule has 0 nitrogen and oxygen atoms in total. The van der Waals surface area contributed by atoms with Crippen molar-refractivity contribution < 1.29 is 0 Å². The van der Waals surface area contributed by atoms with Crippen LogP contribution in [-0.2, 0) is 0 Å². The molecule has 0 aliphatic rings. The zero-order valence-electron chi connectivity index (χ0n) is 21.4. The number of unbranched alkanes of at least 4 members (excludes halogenated alkanes) is 14. The lowest BCUT2D eigenvalue weighted by atomic mass is 9.76. The summed E-state index contributed by atoms with van der Waals surface area (Å²) in [5.74, 6) is 2.78. The average molecular weight is 419 g/mol. The summed E-state index contributed by atoms with van der Waals surface area (Å²) >= 11 is 0. The fraction of sp³-hybridized carbons (Fsp3) is 0.867. The van der Waals surface area contributed by atoms with E-state index in [0.29, 0.717) is 0 Å². The van der Waals surface area contributed by atoms with Gasteiger partial charge in [0, 0.05) is 0 Å². The molecule has 0 aromatic heterocycles. The van der Waals surface area contributed by atoms with Gasteiger partial charge in [-0.1, -0.05) is 129 Å². The summed E-state index contributed by atoms with van der Waals surface area (Å²) in [7, 11) is 0. The molecule has 0 amide bonds. The second kappa shape index (κ2) is 23.1. The van der Waals surface area contributed by atoms with Gasteiger partial charge in [-0.2, -0.15) is 0 Å². The summed E-state index contributed by atoms with van der Waals surface area (Å²) < 4.78 is 0. The van der Waals surface area contributed by atoms with Crippen LogP contribution in [0.4, 0.5) is 0 Å². The van der Waals surface area contributed by atoms with Gasteiger partial charge in [0.1, 0.15) is 0 Å². The molecular formula is C30H58. The molecule has 0 aromatic rings. The molecule has 0 aliphatic heterocycles. The highest BCUT2D eigenvalue weighted by molar-refractivity contribution is 4.73. The molecule has 0 bridgehead atoms. The van der Waals surface area contributed by atoms with Crippen molar-refractivity contribution in [2.24, 2.45) is 17.8 Å². The second-order valence-corrected chi connectivity index (χ2v) is 10.1. The molecule has 0 heterocycles. The minimum absolute atomic E-state index is 0.913. The van der Waals surface area contributed by atoms with E-state index in [4.69, 9.17) is 0 Å². The first-order chi connectivity index (χ1) is 14.7. The Morgan fingerprint density at radius 2 is 0.867 bits per heavy atom. The molecule has 0 heteroatoms. The van der Waals surface area contributed by atoms with Crippen molar-refractivity contribution in [3.8, 4) is 0 Å². The van der Waals surface area contributed by atoms with Crippen LogP contribution in [0.15, 0.2) is 25.3 Å². The molecule has 0 N–H and O–H groups in total. The number of allylic oxidation sites excluding steroid dienone is 2. The standard InChI is InChI=1S/C30H58/c1-6-9-12-14-16-17-18-20-21-23-26-29(5)30(28(4)25-11-8-3)27-24-22-19-15-13-10-7-2/h6-7,28-30H,1-2,8-27H2,3-5H3. The van der Waals surface area contributed by atoms with Gasteiger partial charge in [0.15, 0.2) is 0 Å². The van der Waals surface area contributed by atoms with E-state index in [9.17, 15) is 0 Å². The molecular weight excluding hydrogens is 360 g/mol. The summed E-state index contributed by atoms with van der Waals surface area (Å²) in [6.45, 7) is 15.1. The molecule has 0 saturated carbocycles. The van der Waals surface area contributed by atoms with E-state index in [2.05, 4.69) is 46.1 Å². The Bertz CT molecular complexity index is 355. The molecule has 0 rings (SSSR count). The van der Waals surface area contributed by atoms with E-state index in [1.54, 1.807) is 0 Å². The van der Waals surface area contributed by atoms with Gasteiger partial charge in [0.2, 0.25) is 0 Å². The zero-order chi connectivity index (χ0) is 22.3. The predicted molar refractivity (Wildman–Crippen MR) is 140 cm³/mol. The van der Waals surface area contributed by atoms with Crippen LogP contribution in [0.2, 0.25) is 0 Å². The Hall–Kier alpha value is -0.520. The van der Waals surface area contributed by atoms with E-state index in [-0.39, 0.29) is 0 Å². The average Bonchev–Trinajstić information content (AvgIpc) is 2.75. The Kier molecular flexibility index (Phi) is 22.7. The van der Waals surface area contributed by atoms with Crippen LogP contribution in [0.5, 0.6) is 0 Å². The Morgan fingerprint density at radius 3 is 1.30 bits per heavy atom. The van der Waals surface area contributed by atoms with Gasteiger partial charge in [-0.05, 0) is 49.9 Å². The van der Waals surface area contributed by atoms with Crippen LogP contribution < -0.4 is 0 Å². The Morgan fingerprint density at radius 1 is 0.500 bits per heavy atom. The fourth-order valence-corrected chi connectivity index (χ4v) is 5.10. The lowest BCUT2D eigenvalue weighted by Crippen LogP contribution is -2.20. The van der Waals surface area contributed by atoms with Crippen LogP contribution in [0.1, 0.15) is 149 Å². The van der Waals surface area contributed by atoms with E-state index in [1.807, 2.05) is 0 Å². The minimum Gasteiger partial charge on any atom is -0.103 e. The number of rotatable bonds is 24. The second-order valence-electron chi connectivity index (χ2n) is 10.1. The van der Waals surface area contributed by atoms with Crippen molar-refractivity contribution in [2.75, 3.05) is 0 Å². The summed E-state index contributed by atoms with van der Waals surface area (Å²) in [4.78, 5) is 0. The van der Waals surface area contributed by atoms with Crippen LogP contribution in [0.3, 0.4) is 0 Å². The molecule has 0 fully saturated rings. The highest BCUT2D eigenvalue weighted by Gasteiger charge is 2.22. The normalized spacial score (nSPS) is 14.4. The maximum atomic E-state index is 3.84. The third kappa shape index (κ3) is 18.3. The molecule has 0 spiro atoms. The van der Waals surface area contributed by atoms with Crippen molar-refractivity contribution in [1.82, 2.24) is 0 Å². The zero-order valence-corrected chi connectivity index (χ0v) is 21.4. The van der Waals surface area contributed by atoms with Crippen LogP contribution in [0, 0.1) is 17.8 Å². The van der Waals surface area contributed by atoms with Gasteiger partial charge in [-0.15, -0.1) is 13.2 Å². The highest BCUT2D eigenvalue weighted by atomic mass is 14.3. The Labute approximate surface area is 192 Å². The maximum absolute atomic E-state index is 3.84. The van der Waals surface area contributed by atoms with Crippen molar-refractivity contribution in [2.45, 2.75) is 149 Å². The van der Waals surface area contributed by atoms with Crippen LogP contribution >= 0.6 is 0 Å². The molecule has 0 aromatic carbocycles. The summed E-state index contributed by atoms with van der Waals surface area (Å²) in [6.07, 6.45) is 32.1. The SMILES string of the molecule is C=CCCCCCCCCCCC(C)C(CCCCCCCC=C)C(C)CCCC. The van der Waals surface area contributed by atoms with Crippen LogP contribution in [0.25, 0.3) is 0 Å². The van der Waals surface area contributed by atoms with Gasteiger partial charge in [0.25, 0.3) is 0 Å². The lowest BCUT2D eigenvalue weighted by Gasteiger charge is -2.30. The summed E-state index contributed by atoms with van der Waals surface area (Å²) in [6, 6.07) is 0. The summed E-state index contributed by atoms with van der Waals surface area (Å²) in [5.41, 5.74) is 0. The van der Waals surface area contributed by atoms with Crippen molar-refractivity contribution in [3.05, 3.63) is 25.3 Å². The largest absolute Gasteiger partial charge is 0.103 e. The first kappa shape index (κ1) is 29.5. The maximum Gasteiger partial charge on any atom is -0.0353 e. The van der Waals surface area contributed by atoms with Crippen molar-refractivity contribution in [3.63, 3.8) is 0 Å². The molecule has 0 aliphatic carbocycles. The van der Waals surface area contributed by atoms with Gasteiger partial charge in [-0.25, -0.2) is 0 Å². The van der Waals surface area contributed by atoms with E-state index >= 15 is 0 Å². The molecule has 178 valence electrons. The van der Waals surface area contributed by atoms with E-state index in [0.717, 1.165) is 17.8 Å². The lowest BCUT2D eigenvalue weighted by molar-refractivity contribution is 0.205. The van der Waals surface area contributed by atoms with Crippen molar-refractivity contribution >= 4 is 0 Å². The van der Waals surface area contributed by atoms with Crippen LogP contribution in [-0.4, -0.2) is 0 Å². The van der Waals surface area contributed by atoms with Crippen molar-refractivity contribution in [1.29, 1.82) is 0 Å². The number of hydrogen-bond donors (Lipinski definition) is 0. The third-order valence-corrected chi connectivity index (χ3v) is 7.24. The first-order valence-corrected chi connectivity index (χ1v) is 13.9. The highest BCUT2D eigenvalue weighted by Crippen LogP contribution is 2.33. The fourth-order valence-electron chi connectivity index (χ4n) is 5.10.